The lowest BCUT2D eigenvalue weighted by Gasteiger charge is -2.23. The first-order valence-electron chi connectivity index (χ1n) is 9.69. The van der Waals surface area contributed by atoms with Gasteiger partial charge in [0, 0.05) is 10.6 Å². The average molecular weight is 446 g/mol. The fourth-order valence-electron chi connectivity index (χ4n) is 3.02. The summed E-state index contributed by atoms with van der Waals surface area (Å²) in [6.07, 6.45) is -0.793. The Morgan fingerprint density at radius 3 is 2.52 bits per heavy atom. The van der Waals surface area contributed by atoms with Gasteiger partial charge in [-0.15, -0.1) is 15.0 Å². The molecule has 3 rings (SSSR count). The lowest BCUT2D eigenvalue weighted by atomic mass is 9.84. The van der Waals surface area contributed by atoms with E-state index in [0.717, 1.165) is 0 Å². The smallest absolute Gasteiger partial charge is 0.426 e. The van der Waals surface area contributed by atoms with E-state index in [0.29, 0.717) is 32.9 Å². The van der Waals surface area contributed by atoms with Gasteiger partial charge in [-0.2, -0.15) is 0 Å². The van der Waals surface area contributed by atoms with Crippen LogP contribution in [0.5, 0.6) is 5.75 Å². The van der Waals surface area contributed by atoms with Gasteiger partial charge in [-0.1, -0.05) is 38.4 Å². The first-order chi connectivity index (χ1) is 14.6. The third-order valence-corrected chi connectivity index (χ3v) is 4.69. The van der Waals surface area contributed by atoms with Crippen molar-refractivity contribution in [1.82, 2.24) is 25.8 Å². The lowest BCUT2D eigenvalue weighted by molar-refractivity contribution is -0.121. The predicted octanol–water partition coefficient (Wildman–Crippen LogP) is 3.40. The third-order valence-electron chi connectivity index (χ3n) is 4.46. The maximum absolute atomic E-state index is 12.3. The SMILES string of the molecule is CCOC(=O)NNC(=O)Cc1cc(-n2nc3ccc(Cl)cc3n2)c(O)c(C(C)(C)C)c1. The molecule has 0 radical (unpaired) electrons. The Kier molecular flexibility index (Phi) is 6.35. The van der Waals surface area contributed by atoms with E-state index < -0.39 is 17.4 Å². The Labute approximate surface area is 184 Å². The van der Waals surface area contributed by atoms with Gasteiger partial charge >= 0.3 is 6.09 Å². The van der Waals surface area contributed by atoms with Crippen molar-refractivity contribution in [3.05, 3.63) is 46.5 Å². The molecule has 0 fully saturated rings. The van der Waals surface area contributed by atoms with Crippen molar-refractivity contribution in [2.75, 3.05) is 6.61 Å². The second-order valence-corrected chi connectivity index (χ2v) is 8.39. The highest BCUT2D eigenvalue weighted by Crippen LogP contribution is 2.36. The van der Waals surface area contributed by atoms with Crippen LogP contribution in [0.2, 0.25) is 5.02 Å². The molecule has 9 nitrogen and oxygen atoms in total. The molecule has 3 aromatic rings. The number of rotatable bonds is 4. The van der Waals surface area contributed by atoms with Crippen LogP contribution in [-0.4, -0.2) is 38.7 Å². The number of ether oxygens (including phenoxy) is 1. The molecule has 0 bridgehead atoms. The topological polar surface area (TPSA) is 118 Å². The fraction of sp³-hybridized carbons (Fsp3) is 0.333. The number of carbonyl (C=O) groups excluding carboxylic acids is 2. The Morgan fingerprint density at radius 2 is 1.84 bits per heavy atom. The molecule has 164 valence electrons. The van der Waals surface area contributed by atoms with Crippen LogP contribution in [0.15, 0.2) is 30.3 Å². The minimum Gasteiger partial charge on any atom is -0.505 e. The Hall–Kier alpha value is -3.33. The Morgan fingerprint density at radius 1 is 1.13 bits per heavy atom. The van der Waals surface area contributed by atoms with Gasteiger partial charge in [0.1, 0.15) is 22.5 Å². The molecule has 0 saturated heterocycles. The van der Waals surface area contributed by atoms with Crippen molar-refractivity contribution in [3.8, 4) is 11.4 Å². The summed E-state index contributed by atoms with van der Waals surface area (Å²) in [5.74, 6) is -0.428. The quantitative estimate of drug-likeness (QED) is 0.529. The summed E-state index contributed by atoms with van der Waals surface area (Å²) in [5, 5.41) is 20.3. The standard InChI is InChI=1S/C21H24ClN5O4/c1-5-31-20(30)24-23-18(28)10-12-8-14(21(2,3)4)19(29)17(9-12)27-25-15-7-6-13(22)11-16(15)26-27/h6-9,11,29H,5,10H2,1-4H3,(H,23,28)(H,24,30). The molecule has 10 heteroatoms. The molecule has 0 saturated carbocycles. The second-order valence-electron chi connectivity index (χ2n) is 7.95. The first kappa shape index (κ1) is 22.4. The van der Waals surface area contributed by atoms with Gasteiger partial charge in [0.2, 0.25) is 5.91 Å². The maximum Gasteiger partial charge on any atom is 0.426 e. The highest BCUT2D eigenvalue weighted by atomic mass is 35.5. The van der Waals surface area contributed by atoms with Crippen molar-refractivity contribution < 1.29 is 19.4 Å². The van der Waals surface area contributed by atoms with Crippen LogP contribution in [0.4, 0.5) is 4.79 Å². The fourth-order valence-corrected chi connectivity index (χ4v) is 3.18. The predicted molar refractivity (Wildman–Crippen MR) is 116 cm³/mol. The minimum atomic E-state index is -0.747. The van der Waals surface area contributed by atoms with E-state index in [9.17, 15) is 14.7 Å². The summed E-state index contributed by atoms with van der Waals surface area (Å²) in [4.78, 5) is 25.0. The van der Waals surface area contributed by atoms with E-state index in [1.807, 2.05) is 20.8 Å². The summed E-state index contributed by atoms with van der Waals surface area (Å²) >= 11 is 6.03. The van der Waals surface area contributed by atoms with E-state index in [1.165, 1.54) is 4.80 Å². The van der Waals surface area contributed by atoms with Gasteiger partial charge in [0.05, 0.1) is 13.0 Å². The molecule has 0 unspecified atom stereocenters. The molecule has 2 aromatic carbocycles. The van der Waals surface area contributed by atoms with Crippen LogP contribution in [0.3, 0.4) is 0 Å². The number of nitrogens with one attached hydrogen (secondary N) is 2. The normalized spacial score (nSPS) is 11.4. The Balaban J connectivity index is 1.97. The second kappa shape index (κ2) is 8.81. The number of nitrogens with zero attached hydrogens (tertiary/aromatic N) is 3. The summed E-state index contributed by atoms with van der Waals surface area (Å²) < 4.78 is 4.71. The van der Waals surface area contributed by atoms with Gasteiger partial charge in [0.25, 0.3) is 0 Å². The maximum atomic E-state index is 12.3. The Bertz CT molecular complexity index is 1140. The van der Waals surface area contributed by atoms with Crippen LogP contribution in [0.25, 0.3) is 16.7 Å². The molecule has 0 spiro atoms. The van der Waals surface area contributed by atoms with Gasteiger partial charge in [-0.05, 0) is 42.2 Å². The lowest BCUT2D eigenvalue weighted by Crippen LogP contribution is -2.42. The van der Waals surface area contributed by atoms with Gasteiger partial charge in [-0.3, -0.25) is 10.2 Å². The van der Waals surface area contributed by atoms with Crippen molar-refractivity contribution >= 4 is 34.6 Å². The number of phenolic OH excluding ortho intramolecular Hbond substituents is 1. The average Bonchev–Trinajstić information content (AvgIpc) is 3.10. The molecule has 1 aromatic heterocycles. The number of hydrazine groups is 1. The van der Waals surface area contributed by atoms with Crippen molar-refractivity contribution in [2.45, 2.75) is 39.5 Å². The first-order valence-corrected chi connectivity index (χ1v) is 10.1. The van der Waals surface area contributed by atoms with Gasteiger partial charge in [0.15, 0.2) is 0 Å². The van der Waals surface area contributed by atoms with E-state index in [1.54, 1.807) is 37.3 Å². The highest BCUT2D eigenvalue weighted by Gasteiger charge is 2.24. The van der Waals surface area contributed by atoms with E-state index in [2.05, 4.69) is 21.0 Å². The molecule has 3 N–H and O–H groups in total. The number of amides is 2. The molecular formula is C21H24ClN5O4. The zero-order valence-electron chi connectivity index (χ0n) is 17.7. The van der Waals surface area contributed by atoms with Crippen LogP contribution in [0.1, 0.15) is 38.8 Å². The summed E-state index contributed by atoms with van der Waals surface area (Å²) in [6.45, 7) is 7.70. The zero-order chi connectivity index (χ0) is 22.8. The minimum absolute atomic E-state index is 0.0210. The highest BCUT2D eigenvalue weighted by molar-refractivity contribution is 6.31. The number of aromatic hydroxyl groups is 1. The van der Waals surface area contributed by atoms with Crippen LogP contribution < -0.4 is 10.9 Å². The molecule has 0 atom stereocenters. The summed E-state index contributed by atoms with van der Waals surface area (Å²) in [5.41, 5.74) is 6.83. The van der Waals surface area contributed by atoms with Crippen LogP contribution in [0, 0.1) is 0 Å². The number of fused-ring (bicyclic) bond motifs is 1. The largest absolute Gasteiger partial charge is 0.505 e. The number of phenols is 1. The molecule has 31 heavy (non-hydrogen) atoms. The monoisotopic (exact) mass is 445 g/mol. The van der Waals surface area contributed by atoms with Gasteiger partial charge < -0.3 is 9.84 Å². The number of carbonyl (C=O) groups is 2. The molecule has 0 aliphatic rings. The summed E-state index contributed by atoms with van der Waals surface area (Å²) in [7, 11) is 0. The third kappa shape index (κ3) is 5.24. The molecule has 0 aliphatic carbocycles. The number of hydrogen-bond donors (Lipinski definition) is 3. The molecular weight excluding hydrogens is 422 g/mol. The zero-order valence-corrected chi connectivity index (χ0v) is 18.4. The molecule has 0 aliphatic heterocycles. The van der Waals surface area contributed by atoms with Crippen LogP contribution in [-0.2, 0) is 21.4 Å². The van der Waals surface area contributed by atoms with Gasteiger partial charge in [-0.25, -0.2) is 10.2 Å². The van der Waals surface area contributed by atoms with Crippen molar-refractivity contribution in [2.24, 2.45) is 0 Å². The van der Waals surface area contributed by atoms with E-state index in [-0.39, 0.29) is 18.8 Å². The number of hydrogen-bond acceptors (Lipinski definition) is 6. The van der Waals surface area contributed by atoms with Crippen molar-refractivity contribution in [3.63, 3.8) is 0 Å². The number of benzene rings is 2. The van der Waals surface area contributed by atoms with Crippen LogP contribution >= 0.6 is 11.6 Å². The number of halogens is 1. The van der Waals surface area contributed by atoms with E-state index in [4.69, 9.17) is 16.3 Å². The number of aromatic nitrogens is 3. The van der Waals surface area contributed by atoms with Crippen molar-refractivity contribution in [1.29, 1.82) is 0 Å². The summed E-state index contributed by atoms with van der Waals surface area (Å²) in [6, 6.07) is 8.51. The van der Waals surface area contributed by atoms with E-state index >= 15 is 0 Å². The molecule has 2 amide bonds. The molecule has 1 heterocycles.